The van der Waals surface area contributed by atoms with Crippen molar-refractivity contribution in [3.05, 3.63) is 0 Å². The molecule has 72 valence electrons. The molecule has 0 amide bonds. The summed E-state index contributed by atoms with van der Waals surface area (Å²) in [6.45, 7) is 6.08. The van der Waals surface area contributed by atoms with Gasteiger partial charge in [-0.3, -0.25) is 0 Å². The van der Waals surface area contributed by atoms with Crippen molar-refractivity contribution in [1.82, 2.24) is 4.90 Å². The van der Waals surface area contributed by atoms with Gasteiger partial charge in [-0.15, -0.1) is 0 Å². The van der Waals surface area contributed by atoms with Gasteiger partial charge in [0.15, 0.2) is 0 Å². The predicted molar refractivity (Wildman–Crippen MR) is 57.9 cm³/mol. The Morgan fingerprint density at radius 1 is 1.25 bits per heavy atom. The third-order valence-electron chi connectivity index (χ3n) is 2.49. The lowest BCUT2D eigenvalue weighted by Gasteiger charge is -2.19. The molecule has 0 atom stereocenters. The van der Waals surface area contributed by atoms with Crippen molar-refractivity contribution in [3.63, 3.8) is 0 Å². The van der Waals surface area contributed by atoms with E-state index in [1.54, 1.807) is 0 Å². The summed E-state index contributed by atoms with van der Waals surface area (Å²) < 4.78 is 0. The third kappa shape index (κ3) is 4.46. The Balaban J connectivity index is 2.03. The van der Waals surface area contributed by atoms with Gasteiger partial charge in [0, 0.05) is 11.9 Å². The van der Waals surface area contributed by atoms with Gasteiger partial charge in [0.1, 0.15) is 0 Å². The monoisotopic (exact) mass is 233 g/mol. The summed E-state index contributed by atoms with van der Waals surface area (Å²) in [6.07, 6.45) is 5.72. The van der Waals surface area contributed by atoms with Crippen molar-refractivity contribution in [3.8, 4) is 0 Å². The fourth-order valence-electron chi connectivity index (χ4n) is 1.54. The maximum atomic E-state index is 3.50. The molecule has 0 unspecified atom stereocenters. The standard InChI is InChI=1S/C10H20BrN/c1-2-7-12(9-6-11)8-5-10-3-4-10/h10H,2-9H2,1H3. The second kappa shape index (κ2) is 5.98. The van der Waals surface area contributed by atoms with Crippen molar-refractivity contribution in [2.24, 2.45) is 5.92 Å². The SMILES string of the molecule is CCCN(CCBr)CCC1CC1. The molecule has 0 spiro atoms. The summed E-state index contributed by atoms with van der Waals surface area (Å²) in [4.78, 5) is 2.58. The molecule has 1 fully saturated rings. The summed E-state index contributed by atoms with van der Waals surface area (Å²) >= 11 is 3.50. The van der Waals surface area contributed by atoms with Crippen molar-refractivity contribution >= 4 is 15.9 Å². The summed E-state index contributed by atoms with van der Waals surface area (Å²) in [5.74, 6) is 1.08. The Morgan fingerprint density at radius 2 is 2.00 bits per heavy atom. The van der Waals surface area contributed by atoms with Crippen LogP contribution in [0.3, 0.4) is 0 Å². The Bertz CT molecular complexity index is 106. The van der Waals surface area contributed by atoms with Crippen LogP contribution in [-0.4, -0.2) is 29.9 Å². The zero-order chi connectivity index (χ0) is 8.81. The van der Waals surface area contributed by atoms with Crippen molar-refractivity contribution < 1.29 is 0 Å². The first-order valence-electron chi connectivity index (χ1n) is 5.15. The molecule has 12 heavy (non-hydrogen) atoms. The number of nitrogens with zero attached hydrogens (tertiary/aromatic N) is 1. The van der Waals surface area contributed by atoms with E-state index >= 15 is 0 Å². The Hall–Kier alpha value is 0.440. The van der Waals surface area contributed by atoms with Crippen LogP contribution in [0.5, 0.6) is 0 Å². The highest BCUT2D eigenvalue weighted by atomic mass is 79.9. The zero-order valence-electron chi connectivity index (χ0n) is 8.06. The lowest BCUT2D eigenvalue weighted by atomic mass is 10.2. The topological polar surface area (TPSA) is 3.24 Å². The van der Waals surface area contributed by atoms with Gasteiger partial charge in [-0.25, -0.2) is 0 Å². The quantitative estimate of drug-likeness (QED) is 0.612. The van der Waals surface area contributed by atoms with Crippen LogP contribution in [0.15, 0.2) is 0 Å². The number of hydrogen-bond donors (Lipinski definition) is 0. The van der Waals surface area contributed by atoms with Gasteiger partial charge in [0.25, 0.3) is 0 Å². The van der Waals surface area contributed by atoms with E-state index in [4.69, 9.17) is 0 Å². The van der Waals surface area contributed by atoms with E-state index in [-0.39, 0.29) is 0 Å². The molecule has 0 aromatic rings. The van der Waals surface area contributed by atoms with Gasteiger partial charge in [0.05, 0.1) is 0 Å². The van der Waals surface area contributed by atoms with E-state index in [9.17, 15) is 0 Å². The van der Waals surface area contributed by atoms with Crippen molar-refractivity contribution in [2.75, 3.05) is 25.0 Å². The minimum Gasteiger partial charge on any atom is -0.303 e. The first kappa shape index (κ1) is 10.5. The molecule has 0 saturated heterocycles. The lowest BCUT2D eigenvalue weighted by molar-refractivity contribution is 0.282. The molecule has 1 rings (SSSR count). The molecule has 0 aromatic heterocycles. The molecule has 0 heterocycles. The van der Waals surface area contributed by atoms with Crippen LogP contribution in [0.1, 0.15) is 32.6 Å². The summed E-state index contributed by atoms with van der Waals surface area (Å²) in [6, 6.07) is 0. The number of halogens is 1. The van der Waals surface area contributed by atoms with Crippen LogP contribution in [0, 0.1) is 5.92 Å². The third-order valence-corrected chi connectivity index (χ3v) is 2.85. The van der Waals surface area contributed by atoms with Gasteiger partial charge in [-0.1, -0.05) is 35.7 Å². The highest BCUT2D eigenvalue weighted by Crippen LogP contribution is 2.32. The lowest BCUT2D eigenvalue weighted by Crippen LogP contribution is -2.27. The number of alkyl halides is 1. The second-order valence-electron chi connectivity index (χ2n) is 3.76. The number of hydrogen-bond acceptors (Lipinski definition) is 1. The van der Waals surface area contributed by atoms with Crippen molar-refractivity contribution in [1.29, 1.82) is 0 Å². The molecule has 1 saturated carbocycles. The van der Waals surface area contributed by atoms with E-state index in [1.165, 1.54) is 45.3 Å². The summed E-state index contributed by atoms with van der Waals surface area (Å²) in [5, 5.41) is 1.12. The van der Waals surface area contributed by atoms with Crippen LogP contribution >= 0.6 is 15.9 Å². The molecule has 0 N–H and O–H groups in total. The maximum absolute atomic E-state index is 3.50. The molecule has 1 nitrogen and oxygen atoms in total. The van der Waals surface area contributed by atoms with Gasteiger partial charge < -0.3 is 4.90 Å². The normalized spacial score (nSPS) is 17.2. The molecule has 2 heteroatoms. The molecule has 0 radical (unpaired) electrons. The van der Waals surface area contributed by atoms with E-state index in [1.807, 2.05) is 0 Å². The van der Waals surface area contributed by atoms with Crippen LogP contribution in [0.4, 0.5) is 0 Å². The number of rotatable bonds is 7. The zero-order valence-corrected chi connectivity index (χ0v) is 9.65. The first-order chi connectivity index (χ1) is 5.86. The van der Waals surface area contributed by atoms with Gasteiger partial charge >= 0.3 is 0 Å². The smallest absolute Gasteiger partial charge is 0.0159 e. The molecular weight excluding hydrogens is 214 g/mol. The van der Waals surface area contributed by atoms with Crippen molar-refractivity contribution in [2.45, 2.75) is 32.6 Å². The fourth-order valence-corrected chi connectivity index (χ4v) is 2.04. The average molecular weight is 234 g/mol. The Kier molecular flexibility index (Phi) is 5.24. The minimum absolute atomic E-state index is 1.08. The summed E-state index contributed by atoms with van der Waals surface area (Å²) in [5.41, 5.74) is 0. The van der Waals surface area contributed by atoms with Gasteiger partial charge in [-0.05, 0) is 31.8 Å². The maximum Gasteiger partial charge on any atom is 0.0159 e. The first-order valence-corrected chi connectivity index (χ1v) is 6.27. The van der Waals surface area contributed by atoms with Crippen LogP contribution in [0.2, 0.25) is 0 Å². The second-order valence-corrected chi connectivity index (χ2v) is 4.56. The largest absolute Gasteiger partial charge is 0.303 e. The molecule has 1 aliphatic carbocycles. The average Bonchev–Trinajstić information content (AvgIpc) is 2.84. The van der Waals surface area contributed by atoms with Crippen LogP contribution < -0.4 is 0 Å². The predicted octanol–water partition coefficient (Wildman–Crippen LogP) is 2.89. The Labute approximate surface area is 84.6 Å². The van der Waals surface area contributed by atoms with Crippen LogP contribution in [-0.2, 0) is 0 Å². The highest BCUT2D eigenvalue weighted by molar-refractivity contribution is 9.09. The van der Waals surface area contributed by atoms with Crippen LogP contribution in [0.25, 0.3) is 0 Å². The molecule has 0 bridgehead atoms. The van der Waals surface area contributed by atoms with E-state index in [2.05, 4.69) is 27.8 Å². The minimum atomic E-state index is 1.08. The molecule has 0 aliphatic heterocycles. The van der Waals surface area contributed by atoms with E-state index in [0.29, 0.717) is 0 Å². The molecule has 1 aliphatic rings. The summed E-state index contributed by atoms with van der Waals surface area (Å²) in [7, 11) is 0. The molecule has 0 aromatic carbocycles. The van der Waals surface area contributed by atoms with E-state index in [0.717, 1.165) is 11.2 Å². The Morgan fingerprint density at radius 3 is 2.50 bits per heavy atom. The fraction of sp³-hybridized carbons (Fsp3) is 1.00. The molecular formula is C10H20BrN. The van der Waals surface area contributed by atoms with E-state index < -0.39 is 0 Å². The highest BCUT2D eigenvalue weighted by Gasteiger charge is 2.21. The van der Waals surface area contributed by atoms with Gasteiger partial charge in [-0.2, -0.15) is 0 Å². The van der Waals surface area contributed by atoms with Gasteiger partial charge in [0.2, 0.25) is 0 Å².